The summed E-state index contributed by atoms with van der Waals surface area (Å²) in [6.45, 7) is 2.81. The van der Waals surface area contributed by atoms with Gasteiger partial charge in [0, 0.05) is 6.54 Å². The first kappa shape index (κ1) is 17.9. The molecule has 0 aliphatic rings. The molecule has 0 aliphatic heterocycles. The lowest BCUT2D eigenvalue weighted by molar-refractivity contribution is -0.120. The second-order valence-corrected chi connectivity index (χ2v) is 6.68. The van der Waals surface area contributed by atoms with Crippen molar-refractivity contribution in [3.63, 3.8) is 0 Å². The monoisotopic (exact) mass is 343 g/mol. The molecule has 0 aliphatic carbocycles. The van der Waals surface area contributed by atoms with Gasteiger partial charge in [0.15, 0.2) is 0 Å². The summed E-state index contributed by atoms with van der Waals surface area (Å²) < 4.78 is 0. The van der Waals surface area contributed by atoms with Gasteiger partial charge in [0.05, 0.1) is 6.42 Å². The van der Waals surface area contributed by atoms with Crippen LogP contribution in [0.1, 0.15) is 23.1 Å². The first-order valence-corrected chi connectivity index (χ1v) is 9.17. The third-order valence-corrected chi connectivity index (χ3v) is 4.51. The number of amides is 1. The molecule has 0 atom stereocenters. The van der Waals surface area contributed by atoms with E-state index in [0.717, 1.165) is 24.9 Å². The van der Waals surface area contributed by atoms with Crippen LogP contribution >= 0.6 is 0 Å². The van der Waals surface area contributed by atoms with Gasteiger partial charge in [0.1, 0.15) is 0 Å². The molecule has 2 nitrogen and oxygen atoms in total. The molecule has 3 aromatic carbocycles. The van der Waals surface area contributed by atoms with Crippen LogP contribution in [0.2, 0.25) is 0 Å². The third kappa shape index (κ3) is 5.32. The molecule has 3 rings (SSSR count). The average molecular weight is 343 g/mol. The van der Waals surface area contributed by atoms with Crippen LogP contribution in [0.3, 0.4) is 0 Å². The molecular weight excluding hydrogens is 318 g/mol. The molecule has 0 bridgehead atoms. The molecule has 0 unspecified atom stereocenters. The van der Waals surface area contributed by atoms with E-state index in [4.69, 9.17) is 0 Å². The van der Waals surface area contributed by atoms with Crippen LogP contribution in [-0.4, -0.2) is 12.5 Å². The molecular formula is C24H25NO. The maximum Gasteiger partial charge on any atom is 0.224 e. The number of aryl methyl sites for hydroxylation is 2. The third-order valence-electron chi connectivity index (χ3n) is 4.51. The Labute approximate surface area is 155 Å². The number of hydrogen-bond acceptors (Lipinski definition) is 1. The SMILES string of the molecule is Cc1ccc(CCCNC(=O)Cc2ccc(-c3ccccc3)cc2)cc1. The van der Waals surface area contributed by atoms with E-state index < -0.39 is 0 Å². The molecule has 0 fully saturated rings. The van der Waals surface area contributed by atoms with Crippen molar-refractivity contribution in [3.05, 3.63) is 95.6 Å². The lowest BCUT2D eigenvalue weighted by Gasteiger charge is -2.07. The van der Waals surface area contributed by atoms with Crippen LogP contribution in [0.15, 0.2) is 78.9 Å². The zero-order chi connectivity index (χ0) is 18.2. The summed E-state index contributed by atoms with van der Waals surface area (Å²) in [6, 6.07) is 27.1. The summed E-state index contributed by atoms with van der Waals surface area (Å²) in [5.74, 6) is 0.0846. The summed E-state index contributed by atoms with van der Waals surface area (Å²) >= 11 is 0. The molecule has 3 aromatic rings. The second-order valence-electron chi connectivity index (χ2n) is 6.68. The highest BCUT2D eigenvalue weighted by atomic mass is 16.1. The van der Waals surface area contributed by atoms with E-state index in [1.807, 2.05) is 30.3 Å². The second kappa shape index (κ2) is 9.00. The van der Waals surface area contributed by atoms with Crippen LogP contribution in [0, 0.1) is 6.92 Å². The van der Waals surface area contributed by atoms with E-state index >= 15 is 0 Å². The van der Waals surface area contributed by atoms with Gasteiger partial charge < -0.3 is 5.32 Å². The van der Waals surface area contributed by atoms with Gasteiger partial charge in [-0.1, -0.05) is 84.4 Å². The van der Waals surface area contributed by atoms with E-state index in [0.29, 0.717) is 6.42 Å². The normalized spacial score (nSPS) is 10.5. The molecule has 0 heterocycles. The van der Waals surface area contributed by atoms with Gasteiger partial charge in [0.25, 0.3) is 0 Å². The highest BCUT2D eigenvalue weighted by Crippen LogP contribution is 2.19. The standard InChI is InChI=1S/C24H25NO/c1-19-9-11-20(12-10-19)6-5-17-25-24(26)18-21-13-15-23(16-14-21)22-7-3-2-4-8-22/h2-4,7-16H,5-6,17-18H2,1H3,(H,25,26). The quantitative estimate of drug-likeness (QED) is 0.604. The van der Waals surface area contributed by atoms with Crippen molar-refractivity contribution < 1.29 is 4.79 Å². The molecule has 0 radical (unpaired) electrons. The van der Waals surface area contributed by atoms with Gasteiger partial charge in [0.2, 0.25) is 5.91 Å². The number of carbonyl (C=O) groups is 1. The van der Waals surface area contributed by atoms with E-state index in [1.54, 1.807) is 0 Å². The van der Waals surface area contributed by atoms with Crippen molar-refractivity contribution in [1.82, 2.24) is 5.32 Å². The summed E-state index contributed by atoms with van der Waals surface area (Å²) in [6.07, 6.45) is 2.38. The fraction of sp³-hybridized carbons (Fsp3) is 0.208. The van der Waals surface area contributed by atoms with Gasteiger partial charge in [-0.15, -0.1) is 0 Å². The van der Waals surface area contributed by atoms with Crippen molar-refractivity contribution in [2.24, 2.45) is 0 Å². The van der Waals surface area contributed by atoms with Crippen molar-refractivity contribution >= 4 is 5.91 Å². The maximum absolute atomic E-state index is 12.1. The number of benzene rings is 3. The Morgan fingerprint density at radius 3 is 2.08 bits per heavy atom. The van der Waals surface area contributed by atoms with E-state index in [9.17, 15) is 4.79 Å². The van der Waals surface area contributed by atoms with Crippen LogP contribution in [-0.2, 0) is 17.6 Å². The smallest absolute Gasteiger partial charge is 0.224 e. The molecule has 0 saturated heterocycles. The van der Waals surface area contributed by atoms with Crippen LogP contribution in [0.5, 0.6) is 0 Å². The lowest BCUT2D eigenvalue weighted by atomic mass is 10.0. The van der Waals surface area contributed by atoms with Crippen LogP contribution in [0.4, 0.5) is 0 Å². The average Bonchev–Trinajstić information content (AvgIpc) is 2.68. The Kier molecular flexibility index (Phi) is 6.21. The zero-order valence-electron chi connectivity index (χ0n) is 15.2. The van der Waals surface area contributed by atoms with E-state index in [-0.39, 0.29) is 5.91 Å². The van der Waals surface area contributed by atoms with Crippen LogP contribution in [0.25, 0.3) is 11.1 Å². The lowest BCUT2D eigenvalue weighted by Crippen LogP contribution is -2.26. The Hall–Kier alpha value is -2.87. The number of carbonyl (C=O) groups excluding carboxylic acids is 1. The Morgan fingerprint density at radius 2 is 1.38 bits per heavy atom. The number of hydrogen-bond donors (Lipinski definition) is 1. The molecule has 26 heavy (non-hydrogen) atoms. The minimum Gasteiger partial charge on any atom is -0.356 e. The summed E-state index contributed by atoms with van der Waals surface area (Å²) in [7, 11) is 0. The summed E-state index contributed by atoms with van der Waals surface area (Å²) in [5, 5.41) is 3.02. The molecule has 0 saturated carbocycles. The number of rotatable bonds is 7. The Balaban J connectivity index is 1.42. The van der Waals surface area contributed by atoms with Crippen molar-refractivity contribution in [1.29, 1.82) is 0 Å². The van der Waals surface area contributed by atoms with Crippen molar-refractivity contribution in [2.75, 3.05) is 6.54 Å². The van der Waals surface area contributed by atoms with Crippen molar-refractivity contribution in [2.45, 2.75) is 26.2 Å². The molecule has 1 N–H and O–H groups in total. The molecule has 0 spiro atoms. The predicted octanol–water partition coefficient (Wildman–Crippen LogP) is 4.95. The minimum absolute atomic E-state index is 0.0846. The van der Waals surface area contributed by atoms with Gasteiger partial charge in [-0.25, -0.2) is 0 Å². The van der Waals surface area contributed by atoms with Crippen LogP contribution < -0.4 is 5.32 Å². The van der Waals surface area contributed by atoms with Gasteiger partial charge in [-0.05, 0) is 42.0 Å². The van der Waals surface area contributed by atoms with Gasteiger partial charge in [-0.3, -0.25) is 4.79 Å². The predicted molar refractivity (Wildman–Crippen MR) is 108 cm³/mol. The minimum atomic E-state index is 0.0846. The summed E-state index contributed by atoms with van der Waals surface area (Å²) in [5.41, 5.74) is 6.01. The Morgan fingerprint density at radius 1 is 0.769 bits per heavy atom. The molecule has 132 valence electrons. The van der Waals surface area contributed by atoms with E-state index in [1.165, 1.54) is 22.3 Å². The fourth-order valence-electron chi connectivity index (χ4n) is 2.97. The first-order valence-electron chi connectivity index (χ1n) is 9.17. The highest BCUT2D eigenvalue weighted by Gasteiger charge is 2.04. The van der Waals surface area contributed by atoms with E-state index in [2.05, 4.69) is 60.8 Å². The molecule has 0 aromatic heterocycles. The van der Waals surface area contributed by atoms with Gasteiger partial charge in [-0.2, -0.15) is 0 Å². The van der Waals surface area contributed by atoms with Crippen molar-refractivity contribution in [3.8, 4) is 11.1 Å². The Bertz CT molecular complexity index is 820. The molecule has 2 heteroatoms. The molecule has 1 amide bonds. The highest BCUT2D eigenvalue weighted by molar-refractivity contribution is 5.78. The summed E-state index contributed by atoms with van der Waals surface area (Å²) in [4.78, 5) is 12.1. The van der Waals surface area contributed by atoms with Gasteiger partial charge >= 0.3 is 0 Å². The number of nitrogens with one attached hydrogen (secondary N) is 1. The zero-order valence-corrected chi connectivity index (χ0v) is 15.2. The fourth-order valence-corrected chi connectivity index (χ4v) is 2.97. The maximum atomic E-state index is 12.1. The topological polar surface area (TPSA) is 29.1 Å². The largest absolute Gasteiger partial charge is 0.356 e. The first-order chi connectivity index (χ1) is 12.7.